The van der Waals surface area contributed by atoms with Crippen LogP contribution in [0.3, 0.4) is 0 Å². The van der Waals surface area contributed by atoms with E-state index in [4.69, 9.17) is 9.84 Å². The number of hydrogen-bond donors (Lipinski definition) is 2. The molecule has 2 heterocycles. The van der Waals surface area contributed by atoms with E-state index in [-0.39, 0.29) is 5.69 Å². The second-order valence-corrected chi connectivity index (χ2v) is 6.12. The van der Waals surface area contributed by atoms with Crippen LogP contribution in [0.25, 0.3) is 0 Å². The standard InChI is InChI=1S/C15H25N3O3/c1-10(2)14-6-11(4-5-21-14)8-16-9-12-7-13(15(19)20)17-18(12)3/h7,10-11,14,16H,4-6,8-9H2,1-3H3,(H,19,20). The van der Waals surface area contributed by atoms with Gasteiger partial charge in [0.1, 0.15) is 0 Å². The zero-order valence-electron chi connectivity index (χ0n) is 13.0. The van der Waals surface area contributed by atoms with E-state index in [1.165, 1.54) is 0 Å². The third-order valence-electron chi connectivity index (χ3n) is 4.10. The maximum absolute atomic E-state index is 10.9. The first kappa shape index (κ1) is 16.0. The van der Waals surface area contributed by atoms with Gasteiger partial charge in [-0.1, -0.05) is 13.8 Å². The number of carboxylic acid groups (broad SMARTS) is 1. The van der Waals surface area contributed by atoms with E-state index in [1.807, 2.05) is 0 Å². The first-order valence-corrected chi connectivity index (χ1v) is 7.56. The van der Waals surface area contributed by atoms with E-state index in [2.05, 4.69) is 24.3 Å². The Kier molecular flexibility index (Phi) is 5.36. The fraction of sp³-hybridized carbons (Fsp3) is 0.733. The molecule has 1 aliphatic heterocycles. The first-order valence-electron chi connectivity index (χ1n) is 7.56. The number of aromatic nitrogens is 2. The van der Waals surface area contributed by atoms with E-state index in [0.717, 1.165) is 31.7 Å². The second kappa shape index (κ2) is 7.04. The van der Waals surface area contributed by atoms with Crippen molar-refractivity contribution in [2.45, 2.75) is 39.3 Å². The highest BCUT2D eigenvalue weighted by Gasteiger charge is 2.24. The number of rotatable bonds is 6. The average Bonchev–Trinajstić information content (AvgIpc) is 2.81. The van der Waals surface area contributed by atoms with E-state index >= 15 is 0 Å². The van der Waals surface area contributed by atoms with E-state index in [1.54, 1.807) is 17.8 Å². The quantitative estimate of drug-likeness (QED) is 0.834. The maximum Gasteiger partial charge on any atom is 0.356 e. The van der Waals surface area contributed by atoms with Crippen molar-refractivity contribution in [2.24, 2.45) is 18.9 Å². The van der Waals surface area contributed by atoms with Crippen LogP contribution < -0.4 is 5.32 Å². The summed E-state index contributed by atoms with van der Waals surface area (Å²) in [5.74, 6) is 0.197. The van der Waals surface area contributed by atoms with Crippen LogP contribution in [0.1, 0.15) is 42.9 Å². The molecule has 0 spiro atoms. The molecule has 0 aromatic carbocycles. The van der Waals surface area contributed by atoms with E-state index in [9.17, 15) is 4.79 Å². The van der Waals surface area contributed by atoms with Gasteiger partial charge in [0.25, 0.3) is 0 Å². The smallest absolute Gasteiger partial charge is 0.356 e. The van der Waals surface area contributed by atoms with Gasteiger partial charge in [0.15, 0.2) is 5.69 Å². The summed E-state index contributed by atoms with van der Waals surface area (Å²) in [7, 11) is 1.77. The molecule has 1 saturated heterocycles. The van der Waals surface area contributed by atoms with Crippen molar-refractivity contribution in [1.82, 2.24) is 15.1 Å². The minimum atomic E-state index is -0.985. The number of carboxylic acids is 1. The van der Waals surface area contributed by atoms with Gasteiger partial charge in [-0.05, 0) is 37.3 Å². The summed E-state index contributed by atoms with van der Waals surface area (Å²) in [4.78, 5) is 10.9. The van der Waals surface area contributed by atoms with Crippen molar-refractivity contribution in [3.05, 3.63) is 17.5 Å². The predicted octanol–water partition coefficient (Wildman–Crippen LogP) is 1.66. The summed E-state index contributed by atoms with van der Waals surface area (Å²) >= 11 is 0. The Balaban J connectivity index is 1.80. The zero-order valence-corrected chi connectivity index (χ0v) is 13.0. The molecular weight excluding hydrogens is 270 g/mol. The summed E-state index contributed by atoms with van der Waals surface area (Å²) < 4.78 is 7.40. The van der Waals surface area contributed by atoms with Crippen molar-refractivity contribution in [3.63, 3.8) is 0 Å². The Bertz CT molecular complexity index is 485. The molecule has 0 aliphatic carbocycles. The van der Waals surface area contributed by atoms with Crippen LogP contribution in [-0.4, -0.2) is 40.1 Å². The molecule has 1 aromatic heterocycles. The molecule has 118 valence electrons. The summed E-state index contributed by atoms with van der Waals surface area (Å²) in [6, 6.07) is 1.62. The largest absolute Gasteiger partial charge is 0.476 e. The lowest BCUT2D eigenvalue weighted by atomic mass is 9.90. The van der Waals surface area contributed by atoms with Crippen molar-refractivity contribution in [2.75, 3.05) is 13.2 Å². The summed E-state index contributed by atoms with van der Waals surface area (Å²) in [6.07, 6.45) is 2.54. The lowest BCUT2D eigenvalue weighted by Crippen LogP contribution is -2.34. The molecule has 1 fully saturated rings. The molecule has 0 amide bonds. The van der Waals surface area contributed by atoms with Gasteiger partial charge in [-0.15, -0.1) is 0 Å². The molecule has 1 aromatic rings. The van der Waals surface area contributed by atoms with Crippen LogP contribution in [0.5, 0.6) is 0 Å². The highest BCUT2D eigenvalue weighted by Crippen LogP contribution is 2.24. The van der Waals surface area contributed by atoms with Gasteiger partial charge < -0.3 is 15.2 Å². The van der Waals surface area contributed by atoms with Crippen molar-refractivity contribution >= 4 is 5.97 Å². The van der Waals surface area contributed by atoms with Crippen LogP contribution >= 0.6 is 0 Å². The fourth-order valence-electron chi connectivity index (χ4n) is 2.73. The summed E-state index contributed by atoms with van der Waals surface area (Å²) in [5, 5.41) is 16.3. The fourth-order valence-corrected chi connectivity index (χ4v) is 2.73. The molecule has 6 heteroatoms. The zero-order chi connectivity index (χ0) is 15.4. The van der Waals surface area contributed by atoms with Gasteiger partial charge in [0.05, 0.1) is 11.8 Å². The van der Waals surface area contributed by atoms with Crippen LogP contribution in [0.2, 0.25) is 0 Å². The van der Waals surface area contributed by atoms with Gasteiger partial charge in [-0.3, -0.25) is 4.68 Å². The average molecular weight is 295 g/mol. The molecule has 0 bridgehead atoms. The van der Waals surface area contributed by atoms with Crippen LogP contribution in [0.15, 0.2) is 6.07 Å². The highest BCUT2D eigenvalue weighted by atomic mass is 16.5. The normalized spacial score (nSPS) is 22.7. The Labute approximate surface area is 125 Å². The van der Waals surface area contributed by atoms with Gasteiger partial charge >= 0.3 is 5.97 Å². The predicted molar refractivity (Wildman–Crippen MR) is 79.2 cm³/mol. The van der Waals surface area contributed by atoms with Crippen LogP contribution in [-0.2, 0) is 18.3 Å². The minimum Gasteiger partial charge on any atom is -0.476 e. The minimum absolute atomic E-state index is 0.0974. The molecular formula is C15H25N3O3. The van der Waals surface area contributed by atoms with E-state index < -0.39 is 5.97 Å². The van der Waals surface area contributed by atoms with E-state index in [0.29, 0.717) is 24.5 Å². The number of nitrogens with zero attached hydrogens (tertiary/aromatic N) is 2. The SMILES string of the molecule is CC(C)C1CC(CNCc2cc(C(=O)O)nn2C)CCO1. The molecule has 0 saturated carbocycles. The molecule has 0 radical (unpaired) electrons. The van der Waals surface area contributed by atoms with Crippen LogP contribution in [0.4, 0.5) is 0 Å². The lowest BCUT2D eigenvalue weighted by molar-refractivity contribution is -0.0336. The second-order valence-electron chi connectivity index (χ2n) is 6.12. The monoisotopic (exact) mass is 295 g/mol. The van der Waals surface area contributed by atoms with Crippen molar-refractivity contribution in [1.29, 1.82) is 0 Å². The maximum atomic E-state index is 10.9. The molecule has 2 atom stereocenters. The number of aryl methyl sites for hydroxylation is 1. The van der Waals surface area contributed by atoms with Crippen molar-refractivity contribution < 1.29 is 14.6 Å². The van der Waals surface area contributed by atoms with Gasteiger partial charge in [-0.25, -0.2) is 4.79 Å². The molecule has 2 unspecified atom stereocenters. The molecule has 2 rings (SSSR count). The topological polar surface area (TPSA) is 76.4 Å². The molecule has 21 heavy (non-hydrogen) atoms. The Morgan fingerprint density at radius 1 is 1.62 bits per heavy atom. The Morgan fingerprint density at radius 3 is 3.00 bits per heavy atom. The third-order valence-corrected chi connectivity index (χ3v) is 4.10. The van der Waals surface area contributed by atoms with Crippen molar-refractivity contribution in [3.8, 4) is 0 Å². The number of aromatic carboxylic acids is 1. The number of hydrogen-bond acceptors (Lipinski definition) is 4. The molecule has 2 N–H and O–H groups in total. The third kappa shape index (κ3) is 4.28. The number of ether oxygens (including phenoxy) is 1. The highest BCUT2D eigenvalue weighted by molar-refractivity contribution is 5.85. The summed E-state index contributed by atoms with van der Waals surface area (Å²) in [6.45, 7) is 6.80. The molecule has 1 aliphatic rings. The number of nitrogens with one attached hydrogen (secondary N) is 1. The lowest BCUT2D eigenvalue weighted by Gasteiger charge is -2.32. The van der Waals surface area contributed by atoms with Gasteiger partial charge in [0.2, 0.25) is 0 Å². The van der Waals surface area contributed by atoms with Crippen LogP contribution in [0, 0.1) is 11.8 Å². The van der Waals surface area contributed by atoms with Gasteiger partial charge in [0, 0.05) is 20.2 Å². The van der Waals surface area contributed by atoms with Gasteiger partial charge in [-0.2, -0.15) is 5.10 Å². The molecule has 6 nitrogen and oxygen atoms in total. The Hall–Kier alpha value is -1.40. The first-order chi connectivity index (χ1) is 9.97. The summed E-state index contributed by atoms with van der Waals surface area (Å²) in [5.41, 5.74) is 0.986. The Morgan fingerprint density at radius 2 is 2.38 bits per heavy atom. The number of carbonyl (C=O) groups is 1.